The van der Waals surface area contributed by atoms with E-state index in [1.165, 1.54) is 5.56 Å². The molecule has 0 radical (unpaired) electrons. The lowest BCUT2D eigenvalue weighted by molar-refractivity contribution is 0.542. The quantitative estimate of drug-likeness (QED) is 0.676. The molecule has 0 N–H and O–H groups in total. The van der Waals surface area contributed by atoms with Gasteiger partial charge in [-0.05, 0) is 48.7 Å². The van der Waals surface area contributed by atoms with Crippen molar-refractivity contribution in [1.82, 2.24) is 4.98 Å². The van der Waals surface area contributed by atoms with Gasteiger partial charge < -0.3 is 4.42 Å². The summed E-state index contributed by atoms with van der Waals surface area (Å²) in [7, 11) is 0. The van der Waals surface area contributed by atoms with Crippen LogP contribution in [-0.4, -0.2) is 4.98 Å². The molecule has 3 heteroatoms. The molecule has 2 aromatic carbocycles. The third kappa shape index (κ3) is 2.49. The summed E-state index contributed by atoms with van der Waals surface area (Å²) in [4.78, 5) is 4.55. The second kappa shape index (κ2) is 4.71. The number of aryl methyl sites for hydroxylation is 2. The molecule has 0 aliphatic rings. The Morgan fingerprint density at radius 3 is 2.58 bits per heavy atom. The third-order valence-corrected chi connectivity index (χ3v) is 3.38. The van der Waals surface area contributed by atoms with Gasteiger partial charge in [0.1, 0.15) is 5.52 Å². The van der Waals surface area contributed by atoms with Crippen LogP contribution >= 0.6 is 11.6 Å². The molecule has 0 saturated carbocycles. The predicted molar refractivity (Wildman–Crippen MR) is 77.7 cm³/mol. The number of hydrogen-bond donors (Lipinski definition) is 0. The average Bonchev–Trinajstić information content (AvgIpc) is 2.75. The van der Waals surface area contributed by atoms with Gasteiger partial charge in [-0.15, -0.1) is 0 Å². The third-order valence-electron chi connectivity index (χ3n) is 3.13. The highest BCUT2D eigenvalue weighted by molar-refractivity contribution is 6.30. The van der Waals surface area contributed by atoms with Gasteiger partial charge in [-0.25, -0.2) is 4.98 Å². The van der Waals surface area contributed by atoms with Crippen LogP contribution in [0.25, 0.3) is 11.1 Å². The summed E-state index contributed by atoms with van der Waals surface area (Å²) in [6, 6.07) is 11.9. The van der Waals surface area contributed by atoms with Crippen molar-refractivity contribution in [2.75, 3.05) is 0 Å². The fraction of sp³-hybridized carbons (Fsp3) is 0.188. The molecular formula is C16H14ClNO. The van der Waals surface area contributed by atoms with Gasteiger partial charge in [0.25, 0.3) is 0 Å². The van der Waals surface area contributed by atoms with Crippen LogP contribution in [0.4, 0.5) is 0 Å². The van der Waals surface area contributed by atoms with Crippen LogP contribution in [0, 0.1) is 13.8 Å². The Kier molecular flexibility index (Phi) is 3.03. The average molecular weight is 272 g/mol. The summed E-state index contributed by atoms with van der Waals surface area (Å²) >= 11 is 5.88. The second-order valence-corrected chi connectivity index (χ2v) is 5.28. The first-order valence-corrected chi connectivity index (χ1v) is 6.61. The van der Waals surface area contributed by atoms with Crippen LogP contribution < -0.4 is 0 Å². The Labute approximate surface area is 117 Å². The van der Waals surface area contributed by atoms with E-state index in [1.54, 1.807) is 0 Å². The molecule has 1 aromatic heterocycles. The van der Waals surface area contributed by atoms with E-state index in [0.29, 0.717) is 6.42 Å². The zero-order chi connectivity index (χ0) is 13.4. The molecule has 0 saturated heterocycles. The van der Waals surface area contributed by atoms with E-state index >= 15 is 0 Å². The molecule has 19 heavy (non-hydrogen) atoms. The molecule has 3 rings (SSSR count). The summed E-state index contributed by atoms with van der Waals surface area (Å²) in [5.41, 5.74) is 5.29. The molecule has 0 bridgehead atoms. The summed E-state index contributed by atoms with van der Waals surface area (Å²) in [6.07, 6.45) is 0.685. The number of halogens is 1. The molecule has 96 valence electrons. The van der Waals surface area contributed by atoms with Gasteiger partial charge in [-0.2, -0.15) is 0 Å². The van der Waals surface area contributed by atoms with Gasteiger partial charge in [0.05, 0.1) is 0 Å². The highest BCUT2D eigenvalue weighted by Gasteiger charge is 2.09. The Morgan fingerprint density at radius 2 is 1.84 bits per heavy atom. The lowest BCUT2D eigenvalue weighted by Gasteiger charge is -1.97. The van der Waals surface area contributed by atoms with Gasteiger partial charge in [-0.1, -0.05) is 29.8 Å². The minimum atomic E-state index is 0.685. The van der Waals surface area contributed by atoms with Crippen LogP contribution in [0.1, 0.15) is 22.6 Å². The molecule has 0 spiro atoms. The van der Waals surface area contributed by atoms with Crippen molar-refractivity contribution in [2.24, 2.45) is 0 Å². The summed E-state index contributed by atoms with van der Waals surface area (Å²) in [5, 5.41) is 0.743. The zero-order valence-electron chi connectivity index (χ0n) is 10.9. The molecule has 0 atom stereocenters. The van der Waals surface area contributed by atoms with E-state index in [4.69, 9.17) is 16.0 Å². The maximum absolute atomic E-state index is 5.88. The first kappa shape index (κ1) is 12.2. The van der Waals surface area contributed by atoms with Crippen molar-refractivity contribution < 1.29 is 4.42 Å². The van der Waals surface area contributed by atoms with Crippen molar-refractivity contribution in [3.05, 3.63) is 64.0 Å². The maximum atomic E-state index is 5.88. The van der Waals surface area contributed by atoms with E-state index in [9.17, 15) is 0 Å². The molecule has 0 unspecified atom stereocenters. The fourth-order valence-corrected chi connectivity index (χ4v) is 2.40. The number of benzene rings is 2. The molecule has 0 fully saturated rings. The Morgan fingerprint density at radius 1 is 1.11 bits per heavy atom. The minimum Gasteiger partial charge on any atom is -0.440 e. The Hall–Kier alpha value is -1.80. The highest BCUT2D eigenvalue weighted by atomic mass is 35.5. The molecule has 0 aliphatic heterocycles. The maximum Gasteiger partial charge on any atom is 0.199 e. The number of hydrogen-bond acceptors (Lipinski definition) is 2. The molecular weight excluding hydrogens is 258 g/mol. The van der Waals surface area contributed by atoms with Gasteiger partial charge in [0.2, 0.25) is 0 Å². The molecule has 3 aromatic rings. The van der Waals surface area contributed by atoms with Crippen LogP contribution in [0.15, 0.2) is 40.8 Å². The van der Waals surface area contributed by atoms with Crippen LogP contribution in [0.3, 0.4) is 0 Å². The van der Waals surface area contributed by atoms with Gasteiger partial charge in [0.15, 0.2) is 11.5 Å². The number of aromatic nitrogens is 1. The van der Waals surface area contributed by atoms with Gasteiger partial charge in [-0.3, -0.25) is 0 Å². The lowest BCUT2D eigenvalue weighted by atomic mass is 10.1. The van der Waals surface area contributed by atoms with Crippen LogP contribution in [-0.2, 0) is 6.42 Å². The SMILES string of the molecule is Cc1cc(C)c2oc(Cc3ccc(Cl)cc3)nc2c1. The summed E-state index contributed by atoms with van der Waals surface area (Å²) in [5.74, 6) is 0.742. The second-order valence-electron chi connectivity index (χ2n) is 4.84. The van der Waals surface area contributed by atoms with Crippen LogP contribution in [0.2, 0.25) is 5.02 Å². The fourth-order valence-electron chi connectivity index (χ4n) is 2.28. The number of rotatable bonds is 2. The standard InChI is InChI=1S/C16H14ClNO/c1-10-7-11(2)16-14(8-10)18-15(19-16)9-12-3-5-13(17)6-4-12/h3-8H,9H2,1-2H3. The Balaban J connectivity index is 1.97. The minimum absolute atomic E-state index is 0.685. The number of fused-ring (bicyclic) bond motifs is 1. The molecule has 0 amide bonds. The summed E-state index contributed by atoms with van der Waals surface area (Å²) in [6.45, 7) is 4.12. The van der Waals surface area contributed by atoms with Crippen molar-refractivity contribution in [1.29, 1.82) is 0 Å². The van der Waals surface area contributed by atoms with E-state index in [1.807, 2.05) is 31.2 Å². The van der Waals surface area contributed by atoms with E-state index in [0.717, 1.165) is 33.1 Å². The number of nitrogens with zero attached hydrogens (tertiary/aromatic N) is 1. The van der Waals surface area contributed by atoms with E-state index < -0.39 is 0 Å². The van der Waals surface area contributed by atoms with Gasteiger partial charge in [0, 0.05) is 11.4 Å². The normalized spacial score (nSPS) is 11.1. The largest absolute Gasteiger partial charge is 0.440 e. The topological polar surface area (TPSA) is 26.0 Å². The lowest BCUT2D eigenvalue weighted by Crippen LogP contribution is -1.87. The van der Waals surface area contributed by atoms with E-state index in [2.05, 4.69) is 24.0 Å². The van der Waals surface area contributed by atoms with Crippen LogP contribution in [0.5, 0.6) is 0 Å². The first-order valence-electron chi connectivity index (χ1n) is 6.23. The summed E-state index contributed by atoms with van der Waals surface area (Å²) < 4.78 is 5.84. The monoisotopic (exact) mass is 271 g/mol. The molecule has 2 nitrogen and oxygen atoms in total. The molecule has 0 aliphatic carbocycles. The number of oxazole rings is 1. The van der Waals surface area contributed by atoms with E-state index in [-0.39, 0.29) is 0 Å². The van der Waals surface area contributed by atoms with Crippen molar-refractivity contribution >= 4 is 22.7 Å². The van der Waals surface area contributed by atoms with Crippen molar-refractivity contribution in [3.63, 3.8) is 0 Å². The predicted octanol–water partition coefficient (Wildman–Crippen LogP) is 4.69. The smallest absolute Gasteiger partial charge is 0.199 e. The van der Waals surface area contributed by atoms with Crippen molar-refractivity contribution in [2.45, 2.75) is 20.3 Å². The van der Waals surface area contributed by atoms with Gasteiger partial charge >= 0.3 is 0 Å². The highest BCUT2D eigenvalue weighted by Crippen LogP contribution is 2.23. The van der Waals surface area contributed by atoms with Crippen molar-refractivity contribution in [3.8, 4) is 0 Å². The first-order chi connectivity index (χ1) is 9.11. The zero-order valence-corrected chi connectivity index (χ0v) is 11.7. The Bertz CT molecular complexity index is 728. The molecule has 1 heterocycles.